The van der Waals surface area contributed by atoms with Gasteiger partial charge in [0, 0.05) is 11.8 Å². The van der Waals surface area contributed by atoms with Crippen LogP contribution >= 0.6 is 0 Å². The first-order valence-electron chi connectivity index (χ1n) is 9.25. The van der Waals surface area contributed by atoms with Gasteiger partial charge in [-0.3, -0.25) is 4.79 Å². The van der Waals surface area contributed by atoms with Gasteiger partial charge in [0.05, 0.1) is 6.10 Å². The predicted molar refractivity (Wildman–Crippen MR) is 84.1 cm³/mol. The molecular formula is C19H30O3. The Morgan fingerprint density at radius 1 is 0.955 bits per heavy atom. The third-order valence-electron chi connectivity index (χ3n) is 8.43. The van der Waals surface area contributed by atoms with Crippen molar-refractivity contribution in [3.8, 4) is 0 Å². The third-order valence-corrected chi connectivity index (χ3v) is 8.43. The molecule has 4 aliphatic carbocycles. The van der Waals surface area contributed by atoms with Crippen LogP contribution in [0.5, 0.6) is 0 Å². The summed E-state index contributed by atoms with van der Waals surface area (Å²) in [5, 5.41) is 20.4. The lowest BCUT2D eigenvalue weighted by Crippen LogP contribution is -2.54. The van der Waals surface area contributed by atoms with Gasteiger partial charge in [-0.15, -0.1) is 0 Å². The van der Waals surface area contributed by atoms with E-state index < -0.39 is 6.10 Å². The van der Waals surface area contributed by atoms with Gasteiger partial charge in [-0.05, 0) is 74.0 Å². The number of ketones is 1. The van der Waals surface area contributed by atoms with Crippen molar-refractivity contribution >= 4 is 5.78 Å². The Bertz CT molecular complexity index is 489. The minimum atomic E-state index is -0.725. The highest BCUT2D eigenvalue weighted by molar-refractivity contribution is 5.86. The van der Waals surface area contributed by atoms with Crippen molar-refractivity contribution in [3.05, 3.63) is 0 Å². The average Bonchev–Trinajstić information content (AvgIpc) is 2.72. The third kappa shape index (κ3) is 1.84. The van der Waals surface area contributed by atoms with E-state index in [1.54, 1.807) is 0 Å². The Labute approximate surface area is 133 Å². The predicted octanol–water partition coefficient (Wildman–Crippen LogP) is 2.93. The largest absolute Gasteiger partial charge is 0.393 e. The topological polar surface area (TPSA) is 57.5 Å². The molecule has 124 valence electrons. The number of fused-ring (bicyclic) bond motifs is 5. The molecule has 0 amide bonds. The van der Waals surface area contributed by atoms with Crippen LogP contribution in [0.15, 0.2) is 0 Å². The first-order chi connectivity index (χ1) is 10.4. The van der Waals surface area contributed by atoms with Crippen LogP contribution in [0.2, 0.25) is 0 Å². The molecule has 2 N–H and O–H groups in total. The zero-order valence-corrected chi connectivity index (χ0v) is 13.9. The molecule has 0 aromatic rings. The molecule has 22 heavy (non-hydrogen) atoms. The lowest BCUT2D eigenvalue weighted by molar-refractivity contribution is -0.138. The minimum absolute atomic E-state index is 0.0829. The van der Waals surface area contributed by atoms with Crippen LogP contribution in [0.4, 0.5) is 0 Å². The SMILES string of the molecule is C[C@]12CC[C@@H](O)C[C@@H]1CC[C@@H]1[C@@H]2CC[C@]2(C)[C@@H](O)C(=O)C[C@@H]12. The summed E-state index contributed by atoms with van der Waals surface area (Å²) in [6.07, 6.45) is 7.38. The molecule has 4 fully saturated rings. The van der Waals surface area contributed by atoms with Crippen LogP contribution in [0.3, 0.4) is 0 Å². The van der Waals surface area contributed by atoms with Crippen molar-refractivity contribution < 1.29 is 15.0 Å². The standard InChI is InChI=1S/C19H30O3/c1-18-7-5-12(20)9-11(18)3-4-13-14(18)6-8-19(2)15(13)10-16(21)17(19)22/h11-15,17,20,22H,3-10H2,1-2H3/t11-,12+,13+,14-,15-,17-,18-,19-/m0/s1. The molecule has 0 aromatic heterocycles. The van der Waals surface area contributed by atoms with Gasteiger partial charge in [-0.25, -0.2) is 0 Å². The van der Waals surface area contributed by atoms with Crippen LogP contribution in [0, 0.1) is 34.5 Å². The zero-order chi connectivity index (χ0) is 15.7. The van der Waals surface area contributed by atoms with Crippen LogP contribution in [0.1, 0.15) is 65.2 Å². The second-order valence-corrected chi connectivity index (χ2v) is 9.20. The first-order valence-corrected chi connectivity index (χ1v) is 9.25. The highest BCUT2D eigenvalue weighted by atomic mass is 16.3. The summed E-state index contributed by atoms with van der Waals surface area (Å²) in [7, 11) is 0. The lowest BCUT2D eigenvalue weighted by atomic mass is 9.45. The summed E-state index contributed by atoms with van der Waals surface area (Å²) in [4.78, 5) is 12.1. The van der Waals surface area contributed by atoms with Gasteiger partial charge in [0.25, 0.3) is 0 Å². The molecule has 3 heteroatoms. The van der Waals surface area contributed by atoms with E-state index in [2.05, 4.69) is 13.8 Å². The molecule has 4 rings (SSSR count). The smallest absolute Gasteiger partial charge is 0.162 e. The van der Waals surface area contributed by atoms with Gasteiger partial charge in [0.1, 0.15) is 6.10 Å². The summed E-state index contributed by atoms with van der Waals surface area (Å²) in [6.45, 7) is 4.61. The fraction of sp³-hybridized carbons (Fsp3) is 0.947. The molecule has 3 nitrogen and oxygen atoms in total. The van der Waals surface area contributed by atoms with E-state index in [1.165, 1.54) is 12.8 Å². The Kier molecular flexibility index (Phi) is 3.30. The summed E-state index contributed by atoms with van der Waals surface area (Å²) < 4.78 is 0. The molecule has 0 unspecified atom stereocenters. The van der Waals surface area contributed by atoms with E-state index in [4.69, 9.17) is 0 Å². The maximum Gasteiger partial charge on any atom is 0.162 e. The van der Waals surface area contributed by atoms with Crippen molar-refractivity contribution in [1.82, 2.24) is 0 Å². The van der Waals surface area contributed by atoms with Gasteiger partial charge in [-0.1, -0.05) is 13.8 Å². The Balaban J connectivity index is 1.64. The van der Waals surface area contributed by atoms with Crippen LogP contribution in [0.25, 0.3) is 0 Å². The second kappa shape index (κ2) is 4.80. The first kappa shape index (κ1) is 15.1. The van der Waals surface area contributed by atoms with Crippen molar-refractivity contribution in [3.63, 3.8) is 0 Å². The number of carbonyl (C=O) groups excluding carboxylic acids is 1. The number of aliphatic hydroxyl groups is 2. The van der Waals surface area contributed by atoms with Crippen LogP contribution < -0.4 is 0 Å². The summed E-state index contributed by atoms with van der Waals surface area (Å²) in [6, 6.07) is 0. The average molecular weight is 306 g/mol. The maximum absolute atomic E-state index is 12.1. The number of aliphatic hydroxyl groups excluding tert-OH is 2. The van der Waals surface area contributed by atoms with E-state index in [1.807, 2.05) is 0 Å². The Morgan fingerprint density at radius 2 is 1.68 bits per heavy atom. The summed E-state index contributed by atoms with van der Waals surface area (Å²) in [5.74, 6) is 2.42. The second-order valence-electron chi connectivity index (χ2n) is 9.20. The molecule has 8 atom stereocenters. The van der Waals surface area contributed by atoms with E-state index in [0.717, 1.165) is 32.1 Å². The van der Waals surface area contributed by atoms with Crippen molar-refractivity contribution in [2.45, 2.75) is 77.4 Å². The minimum Gasteiger partial charge on any atom is -0.393 e. The Hall–Kier alpha value is -0.410. The Morgan fingerprint density at radius 3 is 2.45 bits per heavy atom. The number of Topliss-reactive ketones (excluding diaryl/α,β-unsaturated/α-hetero) is 1. The van der Waals surface area contributed by atoms with Gasteiger partial charge in [0.15, 0.2) is 5.78 Å². The monoisotopic (exact) mass is 306 g/mol. The molecule has 4 saturated carbocycles. The number of carbonyl (C=O) groups is 1. The highest BCUT2D eigenvalue weighted by Gasteiger charge is 2.62. The molecule has 4 aliphatic rings. The summed E-state index contributed by atoms with van der Waals surface area (Å²) >= 11 is 0. The van der Waals surface area contributed by atoms with Crippen molar-refractivity contribution in [2.24, 2.45) is 34.5 Å². The van der Waals surface area contributed by atoms with Crippen molar-refractivity contribution in [1.29, 1.82) is 0 Å². The molecule has 0 aromatic carbocycles. The fourth-order valence-electron chi connectivity index (χ4n) is 7.00. The van der Waals surface area contributed by atoms with E-state index in [9.17, 15) is 15.0 Å². The fourth-order valence-corrected chi connectivity index (χ4v) is 7.00. The molecule has 0 radical (unpaired) electrons. The quantitative estimate of drug-likeness (QED) is 0.723. The van der Waals surface area contributed by atoms with E-state index in [-0.39, 0.29) is 17.3 Å². The number of hydrogen-bond acceptors (Lipinski definition) is 3. The molecule has 0 aliphatic heterocycles. The number of hydrogen-bond donors (Lipinski definition) is 2. The summed E-state index contributed by atoms with van der Waals surface area (Å²) in [5.41, 5.74) is 0.176. The van der Waals surface area contributed by atoms with E-state index >= 15 is 0 Å². The van der Waals surface area contributed by atoms with Gasteiger partial charge in [-0.2, -0.15) is 0 Å². The molecule has 0 saturated heterocycles. The number of rotatable bonds is 0. The van der Waals surface area contributed by atoms with Crippen molar-refractivity contribution in [2.75, 3.05) is 0 Å². The molecule has 0 spiro atoms. The molecule has 0 bridgehead atoms. The van der Waals surface area contributed by atoms with Crippen LogP contribution in [-0.4, -0.2) is 28.2 Å². The zero-order valence-electron chi connectivity index (χ0n) is 13.9. The normalized spacial score (nSPS) is 57.9. The van der Waals surface area contributed by atoms with Gasteiger partial charge in [0.2, 0.25) is 0 Å². The highest BCUT2D eigenvalue weighted by Crippen LogP contribution is 2.65. The van der Waals surface area contributed by atoms with Gasteiger partial charge >= 0.3 is 0 Å². The maximum atomic E-state index is 12.1. The van der Waals surface area contributed by atoms with Crippen LogP contribution in [-0.2, 0) is 4.79 Å². The lowest BCUT2D eigenvalue weighted by Gasteiger charge is -2.60. The van der Waals surface area contributed by atoms with E-state index in [0.29, 0.717) is 35.5 Å². The van der Waals surface area contributed by atoms with Gasteiger partial charge < -0.3 is 10.2 Å². The molecular weight excluding hydrogens is 276 g/mol. The molecule has 0 heterocycles.